The van der Waals surface area contributed by atoms with E-state index in [1.165, 1.54) is 17.2 Å². The molecular weight excluding hydrogens is 364 g/mol. The Bertz CT molecular complexity index is 822. The first kappa shape index (κ1) is 20.4. The van der Waals surface area contributed by atoms with Gasteiger partial charge in [-0.3, -0.25) is 9.36 Å². The number of carbonyl (C=O) groups excluding carboxylic acids is 1. The van der Waals surface area contributed by atoms with Gasteiger partial charge in [0, 0.05) is 12.1 Å². The van der Waals surface area contributed by atoms with Crippen LogP contribution in [0, 0.1) is 0 Å². The van der Waals surface area contributed by atoms with Crippen LogP contribution in [0.4, 0.5) is 5.82 Å². The van der Waals surface area contributed by atoms with Gasteiger partial charge in [-0.1, -0.05) is 13.8 Å². The zero-order chi connectivity index (χ0) is 20.4. The van der Waals surface area contributed by atoms with Crippen LogP contribution >= 0.6 is 0 Å². The lowest BCUT2D eigenvalue weighted by molar-refractivity contribution is -0.138. The molecule has 0 saturated carbocycles. The fourth-order valence-electron chi connectivity index (χ4n) is 3.30. The molecule has 1 aliphatic heterocycles. The number of aromatic nitrogens is 4. The van der Waals surface area contributed by atoms with Gasteiger partial charge in [0.2, 0.25) is 0 Å². The number of imidazole rings is 1. The molecule has 0 aromatic carbocycles. The summed E-state index contributed by atoms with van der Waals surface area (Å²) >= 11 is 0. The van der Waals surface area contributed by atoms with Crippen LogP contribution in [-0.4, -0.2) is 66.0 Å². The number of nitrogens with zero attached hydrogens (tertiary/aromatic N) is 4. The maximum atomic E-state index is 12.3. The first-order valence-corrected chi connectivity index (χ1v) is 9.63. The molecule has 1 unspecified atom stereocenters. The third-order valence-corrected chi connectivity index (χ3v) is 4.89. The van der Waals surface area contributed by atoms with E-state index in [-0.39, 0.29) is 12.1 Å². The quantitative estimate of drug-likeness (QED) is 0.537. The summed E-state index contributed by atoms with van der Waals surface area (Å²) in [6.07, 6.45) is -0.0661. The molecule has 0 aliphatic carbocycles. The Kier molecular flexibility index (Phi) is 6.11. The normalized spacial score (nSPS) is 25.0. The molecule has 4 N–H and O–H groups in total. The predicted molar refractivity (Wildman–Crippen MR) is 103 cm³/mol. The number of nitrogens with one attached hydrogen (secondary N) is 2. The van der Waals surface area contributed by atoms with Crippen molar-refractivity contribution in [2.45, 2.75) is 77.2 Å². The smallest absolute Gasteiger partial charge is 0.252 e. The highest BCUT2D eigenvalue weighted by atomic mass is 16.6. The lowest BCUT2D eigenvalue weighted by atomic mass is 10.1. The molecule has 0 bridgehead atoms. The molecule has 2 aromatic rings. The molecule has 154 valence electrons. The van der Waals surface area contributed by atoms with Crippen LogP contribution in [0.5, 0.6) is 0 Å². The van der Waals surface area contributed by atoms with E-state index < -0.39 is 30.4 Å². The number of anilines is 1. The fourth-order valence-corrected chi connectivity index (χ4v) is 3.30. The first-order chi connectivity index (χ1) is 13.4. The molecule has 2 aromatic heterocycles. The minimum atomic E-state index is -1.36. The number of ether oxygens (including phenoxy) is 1. The highest BCUT2D eigenvalue weighted by molar-refractivity contribution is 5.83. The highest BCUT2D eigenvalue weighted by Crippen LogP contribution is 2.32. The molecule has 1 aliphatic rings. The lowest BCUT2D eigenvalue weighted by Crippen LogP contribution is -2.45. The number of hydrogen-bond donors (Lipinski definition) is 4. The van der Waals surface area contributed by atoms with E-state index in [4.69, 9.17) is 4.74 Å². The van der Waals surface area contributed by atoms with Crippen molar-refractivity contribution in [2.75, 3.05) is 5.32 Å². The van der Waals surface area contributed by atoms with Gasteiger partial charge in [-0.05, 0) is 26.7 Å². The second-order valence-corrected chi connectivity index (χ2v) is 7.30. The molecule has 0 spiro atoms. The standard InChI is InChI=1S/C18H28N6O4/c1-5-10(6-2)23-15-11-16(20-7-19-15)24(8-21-11)18-13(26)12(25)14(28-18)17(27)22-9(3)4/h7-10,12-14,18,25-26H,5-6H2,1-4H3,(H,22,27)(H,19,20,23)/t12-,13+,14-,18?/m0/s1. The van der Waals surface area contributed by atoms with E-state index in [1.54, 1.807) is 0 Å². The number of aliphatic hydroxyl groups is 2. The van der Waals surface area contributed by atoms with Crippen molar-refractivity contribution in [3.63, 3.8) is 0 Å². The Morgan fingerprint density at radius 3 is 2.57 bits per heavy atom. The fraction of sp³-hybridized carbons (Fsp3) is 0.667. The van der Waals surface area contributed by atoms with Gasteiger partial charge in [-0.25, -0.2) is 15.0 Å². The Morgan fingerprint density at radius 2 is 1.93 bits per heavy atom. The van der Waals surface area contributed by atoms with Crippen LogP contribution in [-0.2, 0) is 9.53 Å². The second-order valence-electron chi connectivity index (χ2n) is 7.30. The summed E-state index contributed by atoms with van der Waals surface area (Å²) in [5.74, 6) is 0.124. The van der Waals surface area contributed by atoms with Gasteiger partial charge >= 0.3 is 0 Å². The molecule has 10 heteroatoms. The summed E-state index contributed by atoms with van der Waals surface area (Å²) in [6, 6.07) is 0.141. The molecule has 28 heavy (non-hydrogen) atoms. The van der Waals surface area contributed by atoms with Crippen LogP contribution in [0.15, 0.2) is 12.7 Å². The summed E-state index contributed by atoms with van der Waals surface area (Å²) in [5, 5.41) is 26.8. The number of fused-ring (bicyclic) bond motifs is 1. The largest absolute Gasteiger partial charge is 0.387 e. The van der Waals surface area contributed by atoms with E-state index in [2.05, 4.69) is 39.4 Å². The van der Waals surface area contributed by atoms with Gasteiger partial charge in [0.1, 0.15) is 18.5 Å². The van der Waals surface area contributed by atoms with E-state index in [1.807, 2.05) is 13.8 Å². The summed E-state index contributed by atoms with van der Waals surface area (Å²) in [7, 11) is 0. The third-order valence-electron chi connectivity index (χ3n) is 4.89. The van der Waals surface area contributed by atoms with E-state index >= 15 is 0 Å². The minimum Gasteiger partial charge on any atom is -0.387 e. The van der Waals surface area contributed by atoms with Crippen LogP contribution in [0.1, 0.15) is 46.8 Å². The Labute approximate surface area is 163 Å². The van der Waals surface area contributed by atoms with Crippen molar-refractivity contribution in [1.82, 2.24) is 24.8 Å². The highest BCUT2D eigenvalue weighted by Gasteiger charge is 2.47. The van der Waals surface area contributed by atoms with Crippen LogP contribution in [0.3, 0.4) is 0 Å². The molecular formula is C18H28N6O4. The van der Waals surface area contributed by atoms with Gasteiger partial charge in [-0.2, -0.15) is 0 Å². The van der Waals surface area contributed by atoms with Crippen molar-refractivity contribution >= 4 is 22.9 Å². The van der Waals surface area contributed by atoms with Crippen LogP contribution in [0.25, 0.3) is 11.2 Å². The maximum absolute atomic E-state index is 12.3. The molecule has 1 saturated heterocycles. The van der Waals surface area contributed by atoms with Crippen molar-refractivity contribution < 1.29 is 19.7 Å². The lowest BCUT2D eigenvalue weighted by Gasteiger charge is -2.17. The third kappa shape index (κ3) is 3.80. The van der Waals surface area contributed by atoms with Gasteiger partial charge < -0.3 is 25.6 Å². The summed E-state index contributed by atoms with van der Waals surface area (Å²) in [4.78, 5) is 25.2. The minimum absolute atomic E-state index is 0.111. The van der Waals surface area contributed by atoms with Crippen LogP contribution in [0.2, 0.25) is 0 Å². The molecule has 0 radical (unpaired) electrons. The van der Waals surface area contributed by atoms with Crippen molar-refractivity contribution in [3.8, 4) is 0 Å². The Morgan fingerprint density at radius 1 is 1.21 bits per heavy atom. The van der Waals surface area contributed by atoms with Gasteiger partial charge in [0.05, 0.1) is 6.33 Å². The van der Waals surface area contributed by atoms with Gasteiger partial charge in [-0.15, -0.1) is 0 Å². The number of amides is 1. The Hall–Kier alpha value is -2.30. The van der Waals surface area contributed by atoms with E-state index in [9.17, 15) is 15.0 Å². The van der Waals surface area contributed by atoms with Gasteiger partial charge in [0.25, 0.3) is 5.91 Å². The monoisotopic (exact) mass is 392 g/mol. The van der Waals surface area contributed by atoms with Crippen LogP contribution < -0.4 is 10.6 Å². The summed E-state index contributed by atoms with van der Waals surface area (Å²) in [6.45, 7) is 7.79. The van der Waals surface area contributed by atoms with E-state index in [0.717, 1.165) is 12.8 Å². The zero-order valence-electron chi connectivity index (χ0n) is 16.5. The summed E-state index contributed by atoms with van der Waals surface area (Å²) < 4.78 is 7.21. The molecule has 1 fully saturated rings. The topological polar surface area (TPSA) is 134 Å². The first-order valence-electron chi connectivity index (χ1n) is 9.63. The average molecular weight is 392 g/mol. The summed E-state index contributed by atoms with van der Waals surface area (Å²) in [5.41, 5.74) is 0.986. The van der Waals surface area contributed by atoms with Crippen molar-refractivity contribution in [3.05, 3.63) is 12.7 Å². The predicted octanol–water partition coefficient (Wildman–Crippen LogP) is 0.571. The van der Waals surface area contributed by atoms with E-state index in [0.29, 0.717) is 17.0 Å². The molecule has 10 nitrogen and oxygen atoms in total. The van der Waals surface area contributed by atoms with Crippen molar-refractivity contribution in [1.29, 1.82) is 0 Å². The van der Waals surface area contributed by atoms with Gasteiger partial charge in [0.15, 0.2) is 29.3 Å². The molecule has 3 rings (SSSR count). The Balaban J connectivity index is 1.89. The second kappa shape index (κ2) is 8.38. The SMILES string of the molecule is CCC(CC)Nc1ncnc2c1ncn2C1O[C@H](C(=O)NC(C)C)[C@@H](O)[C@H]1O. The number of hydrogen-bond acceptors (Lipinski definition) is 8. The zero-order valence-corrected chi connectivity index (χ0v) is 16.5. The number of carbonyl (C=O) groups is 1. The molecule has 3 heterocycles. The maximum Gasteiger partial charge on any atom is 0.252 e. The molecule has 4 atom stereocenters. The number of rotatable bonds is 7. The number of aliphatic hydroxyl groups excluding tert-OH is 2. The molecule has 1 amide bonds. The average Bonchev–Trinajstić information content (AvgIpc) is 3.21. The van der Waals surface area contributed by atoms with Crippen molar-refractivity contribution in [2.24, 2.45) is 0 Å².